The van der Waals surface area contributed by atoms with Gasteiger partial charge in [-0.15, -0.1) is 0 Å². The normalized spacial score (nSPS) is 12.5. The van der Waals surface area contributed by atoms with Crippen LogP contribution in [0.1, 0.15) is 30.6 Å². The second-order valence-electron chi connectivity index (χ2n) is 7.07. The first-order valence-corrected chi connectivity index (χ1v) is 9.01. The number of nitrogens with two attached hydrogens (primary N) is 1. The summed E-state index contributed by atoms with van der Waals surface area (Å²) in [6.07, 6.45) is 2.61. The van der Waals surface area contributed by atoms with Crippen molar-refractivity contribution in [3.05, 3.63) is 60.4 Å². The topological polar surface area (TPSA) is 64.2 Å². The quantitative estimate of drug-likeness (QED) is 0.740. The number of aromatic nitrogens is 2. The lowest BCUT2D eigenvalue weighted by Gasteiger charge is -2.21. The molecule has 3 rings (SSSR count). The highest BCUT2D eigenvalue weighted by molar-refractivity contribution is 5.94. The molecule has 0 aliphatic rings. The van der Waals surface area contributed by atoms with Gasteiger partial charge in [-0.25, -0.2) is 4.98 Å². The molecule has 1 aromatic heterocycles. The first-order chi connectivity index (χ1) is 12.5. The molecule has 1 atom stereocenters. The molecule has 5 nitrogen and oxygen atoms in total. The number of imidazole rings is 1. The average Bonchev–Trinajstić information content (AvgIpc) is 3.09. The Labute approximate surface area is 154 Å². The van der Waals surface area contributed by atoms with Gasteiger partial charge in [-0.05, 0) is 48.7 Å². The molecule has 5 heteroatoms. The lowest BCUT2D eigenvalue weighted by Crippen LogP contribution is -2.34. The van der Waals surface area contributed by atoms with Crippen LogP contribution in [0.3, 0.4) is 0 Å². The van der Waals surface area contributed by atoms with Gasteiger partial charge in [0.1, 0.15) is 6.33 Å². The second kappa shape index (κ2) is 7.70. The minimum atomic E-state index is 0.0167. The van der Waals surface area contributed by atoms with Crippen molar-refractivity contribution in [1.29, 1.82) is 0 Å². The molecule has 0 saturated carbocycles. The summed E-state index contributed by atoms with van der Waals surface area (Å²) in [5.74, 6) is 0.436. The number of carbonyl (C=O) groups is 1. The lowest BCUT2D eigenvalue weighted by atomic mass is 10.0. The fourth-order valence-corrected chi connectivity index (χ4v) is 2.93. The number of rotatable bonds is 6. The Kier molecular flexibility index (Phi) is 5.38. The maximum absolute atomic E-state index is 12.6. The van der Waals surface area contributed by atoms with Gasteiger partial charge in [0, 0.05) is 30.9 Å². The monoisotopic (exact) mass is 350 g/mol. The zero-order chi connectivity index (χ0) is 18.7. The van der Waals surface area contributed by atoms with Gasteiger partial charge >= 0.3 is 0 Å². The highest BCUT2D eigenvalue weighted by Gasteiger charge is 2.15. The number of hydrogen-bond donors (Lipinski definition) is 1. The molecule has 2 aromatic carbocycles. The number of para-hydroxylation sites is 2. The number of fused-ring (bicyclic) bond motifs is 1. The number of benzene rings is 2. The Morgan fingerprint density at radius 3 is 2.54 bits per heavy atom. The minimum absolute atomic E-state index is 0.0167. The molecule has 3 aromatic rings. The van der Waals surface area contributed by atoms with E-state index < -0.39 is 0 Å². The van der Waals surface area contributed by atoms with E-state index in [0.29, 0.717) is 18.0 Å². The highest BCUT2D eigenvalue weighted by Crippen LogP contribution is 2.18. The molecular formula is C21H26N4O. The number of amides is 1. The van der Waals surface area contributed by atoms with Crippen LogP contribution in [-0.2, 0) is 0 Å². The van der Waals surface area contributed by atoms with Gasteiger partial charge < -0.3 is 10.6 Å². The summed E-state index contributed by atoms with van der Waals surface area (Å²) < 4.78 is 2.02. The van der Waals surface area contributed by atoms with Crippen LogP contribution >= 0.6 is 0 Å². The Bertz CT molecular complexity index is 882. The summed E-state index contributed by atoms with van der Waals surface area (Å²) >= 11 is 0. The second-order valence-corrected chi connectivity index (χ2v) is 7.07. The van der Waals surface area contributed by atoms with E-state index in [1.54, 1.807) is 11.2 Å². The highest BCUT2D eigenvalue weighted by atomic mass is 16.2. The third kappa shape index (κ3) is 3.78. The molecule has 26 heavy (non-hydrogen) atoms. The third-order valence-electron chi connectivity index (χ3n) is 4.85. The van der Waals surface area contributed by atoms with Crippen molar-refractivity contribution in [2.75, 3.05) is 13.6 Å². The van der Waals surface area contributed by atoms with Crippen molar-refractivity contribution in [3.63, 3.8) is 0 Å². The average molecular weight is 350 g/mol. The van der Waals surface area contributed by atoms with E-state index in [1.807, 2.05) is 60.1 Å². The van der Waals surface area contributed by atoms with Gasteiger partial charge in [-0.2, -0.15) is 0 Å². The fourth-order valence-electron chi connectivity index (χ4n) is 2.93. The molecule has 136 valence electrons. The molecule has 0 spiro atoms. The van der Waals surface area contributed by atoms with E-state index in [9.17, 15) is 4.79 Å². The number of carbonyl (C=O) groups excluding carboxylic acids is 1. The molecular weight excluding hydrogens is 324 g/mol. The van der Waals surface area contributed by atoms with E-state index in [2.05, 4.69) is 18.8 Å². The summed E-state index contributed by atoms with van der Waals surface area (Å²) in [6, 6.07) is 15.7. The molecule has 0 aliphatic heterocycles. The SMILES string of the molecule is CC(C)C(N)CCN(C)C(=O)c1ccc(-n2cnc3ccccc32)cc1. The molecule has 2 N–H and O–H groups in total. The zero-order valence-electron chi connectivity index (χ0n) is 15.6. The van der Waals surface area contributed by atoms with Gasteiger partial charge in [0.05, 0.1) is 11.0 Å². The first-order valence-electron chi connectivity index (χ1n) is 9.01. The largest absolute Gasteiger partial charge is 0.342 e. The lowest BCUT2D eigenvalue weighted by molar-refractivity contribution is 0.0789. The van der Waals surface area contributed by atoms with Crippen LogP contribution in [-0.4, -0.2) is 40.0 Å². The van der Waals surface area contributed by atoms with Crippen LogP contribution in [0.5, 0.6) is 0 Å². The van der Waals surface area contributed by atoms with Gasteiger partial charge in [0.15, 0.2) is 0 Å². The summed E-state index contributed by atoms with van der Waals surface area (Å²) in [5.41, 5.74) is 9.74. The molecule has 0 aliphatic carbocycles. The molecule has 0 saturated heterocycles. The van der Waals surface area contributed by atoms with Crippen molar-refractivity contribution < 1.29 is 4.79 Å². The van der Waals surface area contributed by atoms with Crippen molar-refractivity contribution in [3.8, 4) is 5.69 Å². The predicted octanol–water partition coefficient (Wildman–Crippen LogP) is 3.47. The van der Waals surface area contributed by atoms with Crippen molar-refractivity contribution in [1.82, 2.24) is 14.5 Å². The van der Waals surface area contributed by atoms with E-state index >= 15 is 0 Å². The van der Waals surface area contributed by atoms with E-state index in [-0.39, 0.29) is 11.9 Å². The summed E-state index contributed by atoms with van der Waals surface area (Å²) in [6.45, 7) is 4.86. The zero-order valence-corrected chi connectivity index (χ0v) is 15.6. The number of nitrogens with zero attached hydrogens (tertiary/aromatic N) is 3. The molecule has 1 amide bonds. The van der Waals surface area contributed by atoms with Crippen molar-refractivity contribution in [2.45, 2.75) is 26.3 Å². The summed E-state index contributed by atoms with van der Waals surface area (Å²) in [7, 11) is 1.83. The third-order valence-corrected chi connectivity index (χ3v) is 4.85. The smallest absolute Gasteiger partial charge is 0.253 e. The maximum Gasteiger partial charge on any atom is 0.253 e. The van der Waals surface area contributed by atoms with E-state index in [1.165, 1.54) is 0 Å². The molecule has 0 bridgehead atoms. The minimum Gasteiger partial charge on any atom is -0.342 e. The van der Waals surface area contributed by atoms with Crippen LogP contribution in [0.15, 0.2) is 54.9 Å². The summed E-state index contributed by atoms with van der Waals surface area (Å²) in [5, 5.41) is 0. The van der Waals surface area contributed by atoms with Crippen molar-refractivity contribution in [2.24, 2.45) is 11.7 Å². The van der Waals surface area contributed by atoms with Crippen LogP contribution in [0, 0.1) is 5.92 Å². The molecule has 0 fully saturated rings. The van der Waals surface area contributed by atoms with Gasteiger partial charge in [0.25, 0.3) is 5.91 Å². The Hall–Kier alpha value is -2.66. The van der Waals surface area contributed by atoms with Crippen molar-refractivity contribution >= 4 is 16.9 Å². The van der Waals surface area contributed by atoms with Crippen LogP contribution in [0.2, 0.25) is 0 Å². The van der Waals surface area contributed by atoms with Gasteiger partial charge in [-0.3, -0.25) is 9.36 Å². The fraction of sp³-hybridized carbons (Fsp3) is 0.333. The maximum atomic E-state index is 12.6. The summed E-state index contributed by atoms with van der Waals surface area (Å²) in [4.78, 5) is 18.8. The molecule has 0 radical (unpaired) electrons. The van der Waals surface area contributed by atoms with E-state index in [4.69, 9.17) is 5.73 Å². The standard InChI is InChI=1S/C21H26N4O/c1-15(2)18(22)12-13-24(3)21(26)16-8-10-17(11-9-16)25-14-23-19-6-4-5-7-20(19)25/h4-11,14-15,18H,12-13,22H2,1-3H3. The molecule has 1 unspecified atom stereocenters. The molecule has 1 heterocycles. The van der Waals surface area contributed by atoms with Crippen LogP contribution in [0.25, 0.3) is 16.7 Å². The predicted molar refractivity (Wildman–Crippen MR) is 105 cm³/mol. The van der Waals surface area contributed by atoms with E-state index in [0.717, 1.165) is 23.1 Å². The van der Waals surface area contributed by atoms with Crippen LogP contribution in [0.4, 0.5) is 0 Å². The van der Waals surface area contributed by atoms with Gasteiger partial charge in [0.2, 0.25) is 0 Å². The van der Waals surface area contributed by atoms with Crippen LogP contribution < -0.4 is 5.73 Å². The Balaban J connectivity index is 1.72. The number of hydrogen-bond acceptors (Lipinski definition) is 3. The first kappa shape index (κ1) is 18.1. The Morgan fingerprint density at radius 2 is 1.85 bits per heavy atom. The Morgan fingerprint density at radius 1 is 1.15 bits per heavy atom. The van der Waals surface area contributed by atoms with Gasteiger partial charge in [-0.1, -0.05) is 26.0 Å².